The van der Waals surface area contributed by atoms with E-state index in [4.69, 9.17) is 39.5 Å². The average molecular weight is 760 g/mol. The summed E-state index contributed by atoms with van der Waals surface area (Å²) in [5, 5.41) is 0.238. The molecule has 0 N–H and O–H groups in total. The molecule has 0 saturated carbocycles. The highest BCUT2D eigenvalue weighted by Crippen LogP contribution is 2.30. The number of hydrogen-bond acceptors (Lipinski definition) is 5. The van der Waals surface area contributed by atoms with Gasteiger partial charge in [0.25, 0.3) is 11.1 Å². The van der Waals surface area contributed by atoms with Gasteiger partial charge in [0, 0.05) is 42.1 Å². The number of aryl methyl sites for hydroxylation is 1. The van der Waals surface area contributed by atoms with Crippen molar-refractivity contribution in [3.05, 3.63) is 156 Å². The van der Waals surface area contributed by atoms with Gasteiger partial charge < -0.3 is 13.9 Å². The molecule has 4 heterocycles. The van der Waals surface area contributed by atoms with Crippen molar-refractivity contribution in [2.75, 3.05) is 0 Å². The SMILES string of the molecule is Cc1ccnc(Cn2cccc(C(F)(F)F)c2=O)c1CCl.O=c1c(C(F)(F)F)cccn1Cc1c(OCc2ccccc2)ncc(Cl)c1CCl. The number of benzene rings is 1. The molecule has 0 amide bonds. The summed E-state index contributed by atoms with van der Waals surface area (Å²) in [6, 6.07) is 14.9. The molecule has 50 heavy (non-hydrogen) atoms. The quantitative estimate of drug-likeness (QED) is 0.111. The number of hydrogen-bond donors (Lipinski definition) is 0. The van der Waals surface area contributed by atoms with Crippen LogP contribution in [0.4, 0.5) is 26.3 Å². The Morgan fingerprint density at radius 2 is 1.28 bits per heavy atom. The van der Waals surface area contributed by atoms with Gasteiger partial charge in [0.2, 0.25) is 5.88 Å². The standard InChI is InChI=1S/C20H15Cl2F3N2O2.C14H12ClF3N2O/c21-9-14-15(11-27-8-4-7-16(19(27)28)20(23,24)25)18(26-10-17(14)22)29-12-13-5-2-1-3-6-13;1-9-4-5-19-12(10(9)7-15)8-20-6-2-3-11(13(20)21)14(16,17)18/h1-8,10H,9,11-12H2;2-6H,7-8H2,1H3. The van der Waals surface area contributed by atoms with Crippen molar-refractivity contribution >= 4 is 34.8 Å². The number of ether oxygens (including phenoxy) is 1. The molecule has 1 aromatic carbocycles. The molecule has 0 aliphatic carbocycles. The molecule has 5 aromatic rings. The monoisotopic (exact) mass is 758 g/mol. The third-order valence-electron chi connectivity index (χ3n) is 7.37. The Balaban J connectivity index is 0.000000237. The fourth-order valence-corrected chi connectivity index (χ4v) is 5.72. The van der Waals surface area contributed by atoms with Gasteiger partial charge in [0.15, 0.2) is 0 Å². The van der Waals surface area contributed by atoms with Crippen LogP contribution in [0.5, 0.6) is 5.88 Å². The molecule has 5 rings (SSSR count). The van der Waals surface area contributed by atoms with Gasteiger partial charge in [-0.3, -0.25) is 14.6 Å². The minimum absolute atomic E-state index is 0.0217. The zero-order chi connectivity index (χ0) is 36.6. The molecule has 0 saturated heterocycles. The fourth-order valence-electron chi connectivity index (χ4n) is 4.75. The average Bonchev–Trinajstić information content (AvgIpc) is 3.06. The summed E-state index contributed by atoms with van der Waals surface area (Å²) in [6.45, 7) is 1.74. The van der Waals surface area contributed by atoms with Gasteiger partial charge in [-0.15, -0.1) is 23.2 Å². The Morgan fingerprint density at radius 3 is 1.82 bits per heavy atom. The third-order valence-corrected chi connectivity index (χ3v) is 8.23. The molecule has 4 aromatic heterocycles. The van der Waals surface area contributed by atoms with E-state index in [9.17, 15) is 35.9 Å². The first-order chi connectivity index (χ1) is 23.6. The van der Waals surface area contributed by atoms with Crippen molar-refractivity contribution in [3.63, 3.8) is 0 Å². The van der Waals surface area contributed by atoms with Gasteiger partial charge in [0.05, 0.1) is 23.8 Å². The zero-order valence-corrected chi connectivity index (χ0v) is 28.3. The summed E-state index contributed by atoms with van der Waals surface area (Å²) >= 11 is 18.0. The number of alkyl halides is 8. The van der Waals surface area contributed by atoms with Crippen LogP contribution in [-0.2, 0) is 43.8 Å². The molecule has 0 atom stereocenters. The lowest BCUT2D eigenvalue weighted by molar-refractivity contribution is -0.139. The highest BCUT2D eigenvalue weighted by molar-refractivity contribution is 6.32. The highest BCUT2D eigenvalue weighted by atomic mass is 35.5. The summed E-state index contributed by atoms with van der Waals surface area (Å²) < 4.78 is 85.1. The van der Waals surface area contributed by atoms with Crippen LogP contribution in [0.15, 0.2) is 95.0 Å². The van der Waals surface area contributed by atoms with Crippen LogP contribution in [0.2, 0.25) is 5.02 Å². The van der Waals surface area contributed by atoms with E-state index in [2.05, 4.69) is 9.97 Å². The van der Waals surface area contributed by atoms with Crippen LogP contribution >= 0.6 is 34.8 Å². The van der Waals surface area contributed by atoms with Crippen LogP contribution in [0, 0.1) is 6.92 Å². The van der Waals surface area contributed by atoms with Crippen molar-refractivity contribution in [3.8, 4) is 5.88 Å². The molecule has 0 aliphatic rings. The molecule has 0 unspecified atom stereocenters. The predicted molar refractivity (Wildman–Crippen MR) is 178 cm³/mol. The molecule has 264 valence electrons. The molecule has 0 aliphatic heterocycles. The van der Waals surface area contributed by atoms with E-state index in [-0.39, 0.29) is 42.4 Å². The van der Waals surface area contributed by atoms with Crippen molar-refractivity contribution in [1.82, 2.24) is 19.1 Å². The lowest BCUT2D eigenvalue weighted by Crippen LogP contribution is -2.28. The first-order valence-electron chi connectivity index (χ1n) is 14.6. The zero-order valence-electron chi connectivity index (χ0n) is 26.0. The van der Waals surface area contributed by atoms with E-state index in [1.165, 1.54) is 24.7 Å². The van der Waals surface area contributed by atoms with Gasteiger partial charge >= 0.3 is 12.4 Å². The van der Waals surface area contributed by atoms with Crippen LogP contribution in [0.1, 0.15) is 44.6 Å². The third kappa shape index (κ3) is 9.46. The maximum absolute atomic E-state index is 13.1. The van der Waals surface area contributed by atoms with E-state index < -0.39 is 34.6 Å². The lowest BCUT2D eigenvalue weighted by Gasteiger charge is -2.17. The van der Waals surface area contributed by atoms with Crippen molar-refractivity contribution in [1.29, 1.82) is 0 Å². The second-order valence-electron chi connectivity index (χ2n) is 10.7. The highest BCUT2D eigenvalue weighted by Gasteiger charge is 2.35. The summed E-state index contributed by atoms with van der Waals surface area (Å²) in [4.78, 5) is 32.5. The molecule has 0 radical (unpaired) electrons. The Hall–Kier alpha value is -4.33. The Morgan fingerprint density at radius 1 is 0.720 bits per heavy atom. The number of aromatic nitrogens is 4. The molecular weight excluding hydrogens is 733 g/mol. The van der Waals surface area contributed by atoms with Crippen LogP contribution in [-0.4, -0.2) is 19.1 Å². The smallest absolute Gasteiger partial charge is 0.421 e. The molecule has 7 nitrogen and oxygen atoms in total. The normalized spacial score (nSPS) is 11.6. The number of halogens is 9. The summed E-state index contributed by atoms with van der Waals surface area (Å²) in [7, 11) is 0. The Bertz CT molecular complexity index is 2050. The van der Waals surface area contributed by atoms with Gasteiger partial charge in [0.1, 0.15) is 17.7 Å². The van der Waals surface area contributed by atoms with E-state index in [1.807, 2.05) is 37.3 Å². The van der Waals surface area contributed by atoms with Crippen molar-refractivity contribution in [2.45, 2.75) is 50.7 Å². The number of rotatable bonds is 9. The summed E-state index contributed by atoms with van der Waals surface area (Å²) in [5.74, 6) is 0.313. The van der Waals surface area contributed by atoms with E-state index in [0.717, 1.165) is 44.0 Å². The maximum Gasteiger partial charge on any atom is 0.421 e. The molecule has 0 bridgehead atoms. The van der Waals surface area contributed by atoms with E-state index in [1.54, 1.807) is 12.3 Å². The van der Waals surface area contributed by atoms with Gasteiger partial charge in [-0.05, 0) is 59.5 Å². The second kappa shape index (κ2) is 16.6. The minimum Gasteiger partial charge on any atom is -0.473 e. The predicted octanol–water partition coefficient (Wildman–Crippen LogP) is 8.64. The topological polar surface area (TPSA) is 79.0 Å². The fraction of sp³-hybridized carbons (Fsp3) is 0.235. The molecular formula is C34H27Cl3F6N4O3. The maximum atomic E-state index is 13.1. The minimum atomic E-state index is -4.76. The van der Waals surface area contributed by atoms with E-state index >= 15 is 0 Å². The molecule has 0 fully saturated rings. The van der Waals surface area contributed by atoms with Gasteiger partial charge in [-0.25, -0.2) is 4.98 Å². The first-order valence-corrected chi connectivity index (χ1v) is 16.0. The Kier molecular flexibility index (Phi) is 12.8. The molecule has 0 spiro atoms. The van der Waals surface area contributed by atoms with Crippen LogP contribution < -0.4 is 15.9 Å². The largest absolute Gasteiger partial charge is 0.473 e. The van der Waals surface area contributed by atoms with Crippen molar-refractivity contribution < 1.29 is 31.1 Å². The van der Waals surface area contributed by atoms with Crippen molar-refractivity contribution in [2.24, 2.45) is 0 Å². The van der Waals surface area contributed by atoms with E-state index in [0.29, 0.717) is 16.8 Å². The van der Waals surface area contributed by atoms with Crippen LogP contribution in [0.25, 0.3) is 0 Å². The molecule has 16 heteroatoms. The van der Waals surface area contributed by atoms with Gasteiger partial charge in [-0.2, -0.15) is 26.3 Å². The van der Waals surface area contributed by atoms with Gasteiger partial charge in [-0.1, -0.05) is 41.9 Å². The summed E-state index contributed by atoms with van der Waals surface area (Å²) in [6.07, 6.45) is -3.96. The lowest BCUT2D eigenvalue weighted by atomic mass is 10.1. The number of nitrogens with zero attached hydrogens (tertiary/aromatic N) is 4. The Labute approximate surface area is 296 Å². The summed E-state index contributed by atoms with van der Waals surface area (Å²) in [5.41, 5.74) is -0.938. The second-order valence-corrected chi connectivity index (χ2v) is 11.6. The number of pyridine rings is 4. The van der Waals surface area contributed by atoms with Crippen LogP contribution in [0.3, 0.4) is 0 Å². The first kappa shape index (κ1) is 38.5.